The minimum Gasteiger partial charge on any atom is -0.488 e. The summed E-state index contributed by atoms with van der Waals surface area (Å²) < 4.78 is 12.0. The number of thiazole rings is 1. The molecule has 1 fully saturated rings. The number of nitrogens with zero attached hydrogens (tertiary/aromatic N) is 3. The van der Waals surface area contributed by atoms with Crippen molar-refractivity contribution >= 4 is 28.8 Å². The van der Waals surface area contributed by atoms with Gasteiger partial charge in [0.05, 0.1) is 36.8 Å². The first-order valence-corrected chi connectivity index (χ1v) is 10.8. The van der Waals surface area contributed by atoms with Gasteiger partial charge in [-0.15, -0.1) is 11.3 Å². The number of nitrogens with one attached hydrogen (secondary N) is 1. The van der Waals surface area contributed by atoms with Gasteiger partial charge in [-0.3, -0.25) is 4.79 Å². The zero-order valence-corrected chi connectivity index (χ0v) is 18.2. The van der Waals surface area contributed by atoms with Crippen molar-refractivity contribution in [3.63, 3.8) is 0 Å². The van der Waals surface area contributed by atoms with Gasteiger partial charge in [0.1, 0.15) is 21.2 Å². The van der Waals surface area contributed by atoms with Crippen LogP contribution >= 0.6 is 22.9 Å². The van der Waals surface area contributed by atoms with Crippen LogP contribution in [0.3, 0.4) is 0 Å². The number of hydrogen-bond donors (Lipinski definition) is 1. The summed E-state index contributed by atoms with van der Waals surface area (Å²) in [6.07, 6.45) is 2.38. The fourth-order valence-electron chi connectivity index (χ4n) is 3.10. The molecule has 9 heteroatoms. The molecule has 1 amide bonds. The number of hydrogen-bond acceptors (Lipinski definition) is 7. The SMILES string of the molecule is Cc1ccc([C@@H](C)NC(=O)c2cc(O[C@H]3CCOC3)cc(-c3ncc(Cl)s3)c2)nn1. The van der Waals surface area contributed by atoms with Crippen molar-refractivity contribution in [2.24, 2.45) is 0 Å². The summed E-state index contributed by atoms with van der Waals surface area (Å²) in [5.41, 5.74) is 2.76. The number of rotatable bonds is 6. The standard InChI is InChI=1S/C21H21ClN4O3S/c1-12-3-4-18(26-25-12)13(2)24-20(27)14-7-15(21-23-10-19(22)30-21)9-17(8-14)29-16-5-6-28-11-16/h3-4,7-10,13,16H,5-6,11H2,1-2H3,(H,24,27)/t13-,16+/m1/s1. The molecule has 156 valence electrons. The summed E-state index contributed by atoms with van der Waals surface area (Å²) in [4.78, 5) is 17.3. The number of halogens is 1. The molecule has 4 rings (SSSR count). The minimum atomic E-state index is -0.295. The number of carbonyl (C=O) groups excluding carboxylic acids is 1. The number of amides is 1. The van der Waals surface area contributed by atoms with Crippen molar-refractivity contribution < 1.29 is 14.3 Å². The van der Waals surface area contributed by atoms with E-state index in [0.717, 1.165) is 22.7 Å². The molecule has 2 atom stereocenters. The lowest BCUT2D eigenvalue weighted by Gasteiger charge is -2.16. The highest BCUT2D eigenvalue weighted by atomic mass is 35.5. The molecule has 2 aromatic heterocycles. The van der Waals surface area contributed by atoms with Gasteiger partial charge >= 0.3 is 0 Å². The second-order valence-electron chi connectivity index (χ2n) is 7.11. The van der Waals surface area contributed by atoms with Crippen LogP contribution in [0.5, 0.6) is 5.75 Å². The van der Waals surface area contributed by atoms with Gasteiger partial charge in [-0.05, 0) is 44.2 Å². The lowest BCUT2D eigenvalue weighted by molar-refractivity contribution is 0.0938. The Balaban J connectivity index is 1.59. The van der Waals surface area contributed by atoms with E-state index in [4.69, 9.17) is 21.1 Å². The van der Waals surface area contributed by atoms with Gasteiger partial charge in [-0.2, -0.15) is 10.2 Å². The Morgan fingerprint density at radius 2 is 2.20 bits per heavy atom. The molecular formula is C21H21ClN4O3S. The quantitative estimate of drug-likeness (QED) is 0.612. The Morgan fingerprint density at radius 1 is 1.33 bits per heavy atom. The highest BCUT2D eigenvalue weighted by Crippen LogP contribution is 2.32. The largest absolute Gasteiger partial charge is 0.488 e. The molecule has 0 spiro atoms. The smallest absolute Gasteiger partial charge is 0.251 e. The third kappa shape index (κ3) is 4.95. The first-order valence-electron chi connectivity index (χ1n) is 9.60. The number of ether oxygens (including phenoxy) is 2. The van der Waals surface area contributed by atoms with E-state index < -0.39 is 0 Å². The van der Waals surface area contributed by atoms with Gasteiger partial charge in [0, 0.05) is 17.5 Å². The molecule has 0 radical (unpaired) electrons. The number of benzene rings is 1. The summed E-state index contributed by atoms with van der Waals surface area (Å²) >= 11 is 7.40. The van der Waals surface area contributed by atoms with E-state index >= 15 is 0 Å². The maximum Gasteiger partial charge on any atom is 0.251 e. The lowest BCUT2D eigenvalue weighted by Crippen LogP contribution is -2.27. The third-order valence-electron chi connectivity index (χ3n) is 4.69. The molecule has 0 saturated carbocycles. The Labute approximate surface area is 183 Å². The molecule has 3 heterocycles. The van der Waals surface area contributed by atoms with Crippen molar-refractivity contribution in [1.29, 1.82) is 0 Å². The first kappa shape index (κ1) is 20.7. The van der Waals surface area contributed by atoms with Crippen molar-refractivity contribution in [3.8, 4) is 16.3 Å². The second-order valence-corrected chi connectivity index (χ2v) is 8.78. The van der Waals surface area contributed by atoms with E-state index in [1.165, 1.54) is 11.3 Å². The Hall–Kier alpha value is -2.55. The Bertz CT molecular complexity index is 1030. The van der Waals surface area contributed by atoms with E-state index in [-0.39, 0.29) is 18.1 Å². The molecule has 30 heavy (non-hydrogen) atoms. The Morgan fingerprint density at radius 3 is 2.87 bits per heavy atom. The van der Waals surface area contributed by atoms with Crippen LogP contribution in [0, 0.1) is 6.92 Å². The number of aromatic nitrogens is 3. The molecule has 1 aliphatic rings. The maximum absolute atomic E-state index is 13.0. The fourth-order valence-corrected chi connectivity index (χ4v) is 4.00. The fraction of sp³-hybridized carbons (Fsp3) is 0.333. The zero-order valence-electron chi connectivity index (χ0n) is 16.6. The second kappa shape index (κ2) is 9.07. The van der Waals surface area contributed by atoms with Gasteiger partial charge in [-0.25, -0.2) is 4.98 Å². The topological polar surface area (TPSA) is 86.2 Å². The zero-order chi connectivity index (χ0) is 21.1. The van der Waals surface area contributed by atoms with E-state index in [0.29, 0.717) is 34.6 Å². The first-order chi connectivity index (χ1) is 14.5. The van der Waals surface area contributed by atoms with Crippen LogP contribution in [0.15, 0.2) is 36.5 Å². The Kier molecular flexibility index (Phi) is 6.26. The number of carbonyl (C=O) groups is 1. The summed E-state index contributed by atoms with van der Waals surface area (Å²) in [5.74, 6) is 0.365. The van der Waals surface area contributed by atoms with Crippen LogP contribution in [0.2, 0.25) is 4.34 Å². The van der Waals surface area contributed by atoms with Gasteiger partial charge in [0.15, 0.2) is 0 Å². The van der Waals surface area contributed by atoms with E-state index in [1.54, 1.807) is 18.3 Å². The molecular weight excluding hydrogens is 424 g/mol. The predicted molar refractivity (Wildman–Crippen MR) is 115 cm³/mol. The molecule has 1 N–H and O–H groups in total. The van der Waals surface area contributed by atoms with Crippen molar-refractivity contribution in [2.45, 2.75) is 32.4 Å². The van der Waals surface area contributed by atoms with Gasteiger partial charge in [0.25, 0.3) is 5.91 Å². The molecule has 7 nitrogen and oxygen atoms in total. The summed E-state index contributed by atoms with van der Waals surface area (Å²) in [5, 5.41) is 11.9. The van der Waals surface area contributed by atoms with Crippen molar-refractivity contribution in [1.82, 2.24) is 20.5 Å². The molecule has 1 aromatic carbocycles. The highest BCUT2D eigenvalue weighted by molar-refractivity contribution is 7.18. The lowest BCUT2D eigenvalue weighted by atomic mass is 10.1. The van der Waals surface area contributed by atoms with Crippen LogP contribution in [-0.4, -0.2) is 40.4 Å². The summed E-state index contributed by atoms with van der Waals surface area (Å²) in [6.45, 7) is 4.95. The number of aryl methyl sites for hydroxylation is 1. The molecule has 3 aromatic rings. The van der Waals surface area contributed by atoms with E-state index in [1.807, 2.05) is 32.0 Å². The normalized spacial score (nSPS) is 17.0. The summed E-state index contributed by atoms with van der Waals surface area (Å²) in [6, 6.07) is 8.83. The summed E-state index contributed by atoms with van der Waals surface area (Å²) in [7, 11) is 0. The van der Waals surface area contributed by atoms with Gasteiger partial charge in [0.2, 0.25) is 0 Å². The van der Waals surface area contributed by atoms with Crippen molar-refractivity contribution in [2.75, 3.05) is 13.2 Å². The molecule has 0 unspecified atom stereocenters. The average molecular weight is 445 g/mol. The molecule has 0 aliphatic carbocycles. The predicted octanol–water partition coefficient (Wildman–Crippen LogP) is 4.22. The highest BCUT2D eigenvalue weighted by Gasteiger charge is 2.20. The maximum atomic E-state index is 13.0. The van der Waals surface area contributed by atoms with Crippen LogP contribution in [-0.2, 0) is 4.74 Å². The van der Waals surface area contributed by atoms with Crippen LogP contribution in [0.25, 0.3) is 10.6 Å². The monoisotopic (exact) mass is 444 g/mol. The molecule has 1 aliphatic heterocycles. The third-order valence-corrected chi connectivity index (χ3v) is 5.86. The minimum absolute atomic E-state index is 0.0298. The van der Waals surface area contributed by atoms with Crippen LogP contribution < -0.4 is 10.1 Å². The van der Waals surface area contributed by atoms with E-state index in [2.05, 4.69) is 20.5 Å². The van der Waals surface area contributed by atoms with Crippen LogP contribution in [0.1, 0.15) is 41.1 Å². The van der Waals surface area contributed by atoms with Gasteiger partial charge in [-0.1, -0.05) is 11.6 Å². The van der Waals surface area contributed by atoms with Crippen LogP contribution in [0.4, 0.5) is 0 Å². The van der Waals surface area contributed by atoms with Crippen molar-refractivity contribution in [3.05, 3.63) is 57.8 Å². The van der Waals surface area contributed by atoms with Gasteiger partial charge < -0.3 is 14.8 Å². The van der Waals surface area contributed by atoms with E-state index in [9.17, 15) is 4.79 Å². The molecule has 0 bridgehead atoms. The molecule has 1 saturated heterocycles. The average Bonchev–Trinajstić information content (AvgIpc) is 3.40.